The first-order valence-electron chi connectivity index (χ1n) is 7.82. The highest BCUT2D eigenvalue weighted by Gasteiger charge is 2.18. The van der Waals surface area contributed by atoms with Crippen LogP contribution in [0.4, 0.5) is 5.69 Å². The van der Waals surface area contributed by atoms with Crippen molar-refractivity contribution >= 4 is 21.5 Å². The molecule has 3 rings (SSSR count). The van der Waals surface area contributed by atoms with Gasteiger partial charge in [-0.2, -0.15) is 8.42 Å². The van der Waals surface area contributed by atoms with E-state index >= 15 is 0 Å². The Balaban J connectivity index is 2.12. The quantitative estimate of drug-likeness (QED) is 0.529. The number of para-hydroxylation sites is 1. The van der Waals surface area contributed by atoms with Crippen LogP contribution in [0.3, 0.4) is 0 Å². The van der Waals surface area contributed by atoms with Gasteiger partial charge in [0.2, 0.25) is 0 Å². The molecule has 0 aliphatic rings. The molecule has 0 aromatic heterocycles. The van der Waals surface area contributed by atoms with Crippen LogP contribution in [0.1, 0.15) is 5.56 Å². The number of benzene rings is 3. The largest absolute Gasteiger partial charge is 0.328 e. The molecule has 0 aliphatic heterocycles. The van der Waals surface area contributed by atoms with Gasteiger partial charge in [-0.15, -0.1) is 4.40 Å². The van der Waals surface area contributed by atoms with Gasteiger partial charge >= 0.3 is 0 Å². The summed E-state index contributed by atoms with van der Waals surface area (Å²) in [6, 6.07) is 27.1. The van der Waals surface area contributed by atoms with E-state index in [-0.39, 0.29) is 4.90 Å². The van der Waals surface area contributed by atoms with Gasteiger partial charge in [0.15, 0.2) is 5.84 Å². The molecule has 0 spiro atoms. The molecule has 126 valence electrons. The first-order chi connectivity index (χ1) is 12.1. The lowest BCUT2D eigenvalue weighted by Crippen LogP contribution is -2.28. The maximum atomic E-state index is 12.7. The highest BCUT2D eigenvalue weighted by atomic mass is 32.2. The van der Waals surface area contributed by atoms with Gasteiger partial charge in [0, 0.05) is 18.3 Å². The van der Waals surface area contributed by atoms with Crippen LogP contribution in [-0.2, 0) is 10.0 Å². The Morgan fingerprint density at radius 1 is 0.760 bits per heavy atom. The third-order valence-corrected chi connectivity index (χ3v) is 5.02. The van der Waals surface area contributed by atoms with Gasteiger partial charge in [0.25, 0.3) is 10.0 Å². The summed E-state index contributed by atoms with van der Waals surface area (Å²) in [4.78, 5) is 1.94. The van der Waals surface area contributed by atoms with Gasteiger partial charge in [0.1, 0.15) is 0 Å². The summed E-state index contributed by atoms with van der Waals surface area (Å²) in [5.74, 6) is 0.371. The summed E-state index contributed by atoms with van der Waals surface area (Å²) in [5.41, 5.74) is 1.58. The second-order valence-corrected chi connectivity index (χ2v) is 7.07. The molecule has 4 nitrogen and oxygen atoms in total. The molecule has 0 unspecified atom stereocenters. The Hall–Kier alpha value is -2.92. The van der Waals surface area contributed by atoms with Gasteiger partial charge in [-0.3, -0.25) is 0 Å². The standard InChI is InChI=1S/C20H18N2O2S/c1-22(18-13-7-3-8-14-18)20(17-11-5-2-6-12-17)21-25(23,24)19-15-9-4-10-16-19/h2-16H,1H3/b21-20+. The van der Waals surface area contributed by atoms with Crippen molar-refractivity contribution in [3.05, 3.63) is 96.6 Å². The van der Waals surface area contributed by atoms with Crippen LogP contribution in [0.5, 0.6) is 0 Å². The molecule has 0 bridgehead atoms. The van der Waals surface area contributed by atoms with E-state index in [2.05, 4.69) is 4.40 Å². The van der Waals surface area contributed by atoms with E-state index in [0.29, 0.717) is 5.84 Å². The molecule has 0 saturated carbocycles. The van der Waals surface area contributed by atoms with Gasteiger partial charge in [0.05, 0.1) is 4.90 Å². The molecule has 0 atom stereocenters. The van der Waals surface area contributed by atoms with Gasteiger partial charge in [-0.05, 0) is 24.3 Å². The zero-order valence-electron chi connectivity index (χ0n) is 13.8. The van der Waals surface area contributed by atoms with E-state index in [0.717, 1.165) is 11.3 Å². The zero-order chi connectivity index (χ0) is 17.7. The second-order valence-electron chi connectivity index (χ2n) is 5.46. The smallest absolute Gasteiger partial charge is 0.284 e. The molecule has 0 amide bonds. The van der Waals surface area contributed by atoms with Crippen molar-refractivity contribution in [3.8, 4) is 0 Å². The highest BCUT2D eigenvalue weighted by Crippen LogP contribution is 2.19. The topological polar surface area (TPSA) is 49.7 Å². The lowest BCUT2D eigenvalue weighted by molar-refractivity contribution is 0.598. The fourth-order valence-corrected chi connectivity index (χ4v) is 3.49. The number of hydrogen-bond donors (Lipinski definition) is 0. The average Bonchev–Trinajstić information content (AvgIpc) is 2.68. The van der Waals surface area contributed by atoms with Crippen LogP contribution in [0.25, 0.3) is 0 Å². The van der Waals surface area contributed by atoms with Gasteiger partial charge in [-0.1, -0.05) is 66.7 Å². The van der Waals surface area contributed by atoms with E-state index in [9.17, 15) is 8.42 Å². The summed E-state index contributed by atoms with van der Waals surface area (Å²) in [6.45, 7) is 0. The fraction of sp³-hybridized carbons (Fsp3) is 0.0500. The molecule has 3 aromatic carbocycles. The van der Waals surface area contributed by atoms with Crippen LogP contribution >= 0.6 is 0 Å². The number of hydrogen-bond acceptors (Lipinski definition) is 2. The van der Waals surface area contributed by atoms with E-state index in [1.807, 2.05) is 67.7 Å². The molecule has 0 radical (unpaired) electrons. The number of amidine groups is 1. The Morgan fingerprint density at radius 2 is 1.24 bits per heavy atom. The fourth-order valence-electron chi connectivity index (χ4n) is 2.43. The summed E-state index contributed by atoms with van der Waals surface area (Å²) in [7, 11) is -2.01. The van der Waals surface area contributed by atoms with Crippen molar-refractivity contribution < 1.29 is 8.42 Å². The SMILES string of the molecule is CN(/C(=N/S(=O)(=O)c1ccccc1)c1ccccc1)c1ccccc1. The van der Waals surface area contributed by atoms with Crippen molar-refractivity contribution in [2.75, 3.05) is 11.9 Å². The Bertz CT molecular complexity index is 954. The maximum Gasteiger partial charge on any atom is 0.284 e. The summed E-state index contributed by atoms with van der Waals surface area (Å²) < 4.78 is 29.6. The average molecular weight is 350 g/mol. The molecular weight excluding hydrogens is 332 g/mol. The minimum atomic E-state index is -3.81. The third kappa shape index (κ3) is 3.95. The lowest BCUT2D eigenvalue weighted by Gasteiger charge is -2.21. The number of nitrogens with zero attached hydrogens (tertiary/aromatic N) is 2. The van der Waals surface area contributed by atoms with Crippen LogP contribution in [0.2, 0.25) is 0 Å². The molecule has 0 fully saturated rings. The van der Waals surface area contributed by atoms with E-state index in [1.54, 1.807) is 35.2 Å². The molecule has 3 aromatic rings. The van der Waals surface area contributed by atoms with Gasteiger partial charge in [-0.25, -0.2) is 0 Å². The summed E-state index contributed by atoms with van der Waals surface area (Å²) in [5, 5.41) is 0. The summed E-state index contributed by atoms with van der Waals surface area (Å²) in [6.07, 6.45) is 0. The second kappa shape index (κ2) is 7.32. The molecule has 0 aliphatic carbocycles. The molecule has 5 heteroatoms. The molecule has 25 heavy (non-hydrogen) atoms. The number of anilines is 1. The number of rotatable bonds is 4. The van der Waals surface area contributed by atoms with Crippen molar-refractivity contribution in [1.82, 2.24) is 0 Å². The highest BCUT2D eigenvalue weighted by molar-refractivity contribution is 7.90. The Labute approximate surface area is 148 Å². The Kier molecular flexibility index (Phi) is 4.95. The first kappa shape index (κ1) is 16.9. The minimum absolute atomic E-state index is 0.171. The Morgan fingerprint density at radius 3 is 1.80 bits per heavy atom. The van der Waals surface area contributed by atoms with E-state index in [4.69, 9.17) is 0 Å². The van der Waals surface area contributed by atoms with Crippen molar-refractivity contribution in [3.63, 3.8) is 0 Å². The van der Waals surface area contributed by atoms with Crippen LogP contribution < -0.4 is 4.90 Å². The van der Waals surface area contributed by atoms with Crippen molar-refractivity contribution in [1.29, 1.82) is 0 Å². The van der Waals surface area contributed by atoms with Crippen LogP contribution in [0, 0.1) is 0 Å². The first-order valence-corrected chi connectivity index (χ1v) is 9.26. The number of sulfonamides is 1. The monoisotopic (exact) mass is 350 g/mol. The van der Waals surface area contributed by atoms with E-state index in [1.165, 1.54) is 0 Å². The predicted octanol–water partition coefficient (Wildman–Crippen LogP) is 3.96. The molecule has 0 saturated heterocycles. The lowest BCUT2D eigenvalue weighted by atomic mass is 10.2. The predicted molar refractivity (Wildman–Crippen MR) is 101 cm³/mol. The van der Waals surface area contributed by atoms with Crippen molar-refractivity contribution in [2.24, 2.45) is 4.40 Å². The minimum Gasteiger partial charge on any atom is -0.328 e. The zero-order valence-corrected chi connectivity index (χ0v) is 14.6. The molecular formula is C20H18N2O2S. The summed E-state index contributed by atoms with van der Waals surface area (Å²) >= 11 is 0. The third-order valence-electron chi connectivity index (χ3n) is 3.74. The van der Waals surface area contributed by atoms with Gasteiger partial charge < -0.3 is 4.90 Å². The molecule has 0 heterocycles. The maximum absolute atomic E-state index is 12.7. The van der Waals surface area contributed by atoms with Crippen molar-refractivity contribution in [2.45, 2.75) is 4.90 Å². The van der Waals surface area contributed by atoms with Crippen LogP contribution in [0.15, 0.2) is 100 Å². The molecule has 0 N–H and O–H groups in total. The van der Waals surface area contributed by atoms with Crippen LogP contribution in [-0.4, -0.2) is 21.3 Å². The van der Waals surface area contributed by atoms with E-state index < -0.39 is 10.0 Å². The normalized spacial score (nSPS) is 12.0.